The van der Waals surface area contributed by atoms with Crippen molar-refractivity contribution in [2.24, 2.45) is 0 Å². The molecule has 0 bridgehead atoms. The topological polar surface area (TPSA) is 85.2 Å². The van der Waals surface area contributed by atoms with Gasteiger partial charge in [-0.2, -0.15) is 0 Å². The summed E-state index contributed by atoms with van der Waals surface area (Å²) in [5.74, 6) is -1.23. The molecule has 0 aromatic heterocycles. The van der Waals surface area contributed by atoms with Crippen LogP contribution in [0.2, 0.25) is 0 Å². The van der Waals surface area contributed by atoms with E-state index in [-0.39, 0.29) is 19.1 Å². The zero-order valence-electron chi connectivity index (χ0n) is 13.7. The van der Waals surface area contributed by atoms with Gasteiger partial charge >= 0.3 is 5.97 Å². The summed E-state index contributed by atoms with van der Waals surface area (Å²) < 4.78 is 16.1. The van der Waals surface area contributed by atoms with E-state index in [1.165, 1.54) is 6.92 Å². The molecule has 2 rings (SSSR count). The molecule has 1 aliphatic rings. The standard InChI is InChI=1S/C17H24O6/c1-16(2)22-10-13(23-16)9-14(18)17(3,20)11-21-15(19)12-7-5-4-6-8-12/h4-8,13-14,18,20H,9-11H2,1-3H3/t13-,14-,17-/m1/s1. The van der Waals surface area contributed by atoms with Crippen LogP contribution in [0.3, 0.4) is 0 Å². The molecule has 0 aliphatic carbocycles. The monoisotopic (exact) mass is 324 g/mol. The van der Waals surface area contributed by atoms with Crippen LogP contribution in [0.1, 0.15) is 37.6 Å². The minimum absolute atomic E-state index is 0.194. The van der Waals surface area contributed by atoms with Crippen molar-refractivity contribution in [2.75, 3.05) is 13.2 Å². The Balaban J connectivity index is 1.84. The van der Waals surface area contributed by atoms with Crippen LogP contribution in [0.4, 0.5) is 0 Å². The molecule has 1 aromatic rings. The van der Waals surface area contributed by atoms with Gasteiger partial charge in [0.25, 0.3) is 0 Å². The van der Waals surface area contributed by atoms with Gasteiger partial charge in [0.15, 0.2) is 5.79 Å². The maximum Gasteiger partial charge on any atom is 0.338 e. The third-order valence-corrected chi connectivity index (χ3v) is 3.78. The lowest BCUT2D eigenvalue weighted by Crippen LogP contribution is -2.46. The van der Waals surface area contributed by atoms with Crippen molar-refractivity contribution in [3.63, 3.8) is 0 Å². The Bertz CT molecular complexity index is 525. The largest absolute Gasteiger partial charge is 0.459 e. The van der Waals surface area contributed by atoms with Gasteiger partial charge in [-0.3, -0.25) is 0 Å². The molecule has 23 heavy (non-hydrogen) atoms. The van der Waals surface area contributed by atoms with Crippen LogP contribution in [0.15, 0.2) is 30.3 Å². The first-order chi connectivity index (χ1) is 10.7. The molecule has 0 spiro atoms. The SMILES string of the molecule is CC1(C)OC[C@@H](C[C@@H](O)[C@](C)(O)COC(=O)c2ccccc2)O1. The third-order valence-electron chi connectivity index (χ3n) is 3.78. The molecule has 0 amide bonds. The molecule has 1 fully saturated rings. The summed E-state index contributed by atoms with van der Waals surface area (Å²) in [6.45, 7) is 5.05. The van der Waals surface area contributed by atoms with Gasteiger partial charge in [-0.25, -0.2) is 4.79 Å². The second-order valence-corrected chi connectivity index (χ2v) is 6.50. The van der Waals surface area contributed by atoms with Gasteiger partial charge in [0, 0.05) is 6.42 Å². The number of aliphatic hydroxyl groups is 2. The first-order valence-electron chi connectivity index (χ1n) is 7.64. The molecule has 0 unspecified atom stereocenters. The van der Waals surface area contributed by atoms with Gasteiger partial charge in [0.05, 0.1) is 24.4 Å². The van der Waals surface area contributed by atoms with Crippen molar-refractivity contribution in [2.45, 2.75) is 50.8 Å². The summed E-state index contributed by atoms with van der Waals surface area (Å²) in [7, 11) is 0. The quantitative estimate of drug-likeness (QED) is 0.771. The summed E-state index contributed by atoms with van der Waals surface area (Å²) in [6.07, 6.45) is -1.22. The van der Waals surface area contributed by atoms with Crippen LogP contribution in [-0.4, -0.2) is 53.0 Å². The second-order valence-electron chi connectivity index (χ2n) is 6.50. The van der Waals surface area contributed by atoms with E-state index in [2.05, 4.69) is 0 Å². The summed E-state index contributed by atoms with van der Waals surface area (Å²) in [5.41, 5.74) is -1.17. The van der Waals surface area contributed by atoms with E-state index in [4.69, 9.17) is 14.2 Å². The Kier molecular flexibility index (Phi) is 5.41. The van der Waals surface area contributed by atoms with E-state index in [0.29, 0.717) is 12.2 Å². The summed E-state index contributed by atoms with van der Waals surface area (Å²) >= 11 is 0. The number of carbonyl (C=O) groups excluding carboxylic acids is 1. The maximum atomic E-state index is 11.9. The molecule has 6 nitrogen and oxygen atoms in total. The Morgan fingerprint density at radius 3 is 2.65 bits per heavy atom. The lowest BCUT2D eigenvalue weighted by molar-refractivity contribution is -0.151. The summed E-state index contributed by atoms with van der Waals surface area (Å²) in [4.78, 5) is 11.9. The average molecular weight is 324 g/mol. The molecule has 128 valence electrons. The fourth-order valence-electron chi connectivity index (χ4n) is 2.35. The number of aliphatic hydroxyl groups excluding tert-OH is 1. The van der Waals surface area contributed by atoms with Gasteiger partial charge in [-0.15, -0.1) is 0 Å². The highest BCUT2D eigenvalue weighted by Crippen LogP contribution is 2.27. The van der Waals surface area contributed by atoms with E-state index in [0.717, 1.165) is 0 Å². The highest BCUT2D eigenvalue weighted by molar-refractivity contribution is 5.89. The molecule has 0 radical (unpaired) electrons. The van der Waals surface area contributed by atoms with E-state index in [1.54, 1.807) is 44.2 Å². The molecule has 1 heterocycles. The van der Waals surface area contributed by atoms with Crippen molar-refractivity contribution < 1.29 is 29.2 Å². The van der Waals surface area contributed by atoms with Crippen LogP contribution in [0.25, 0.3) is 0 Å². The van der Waals surface area contributed by atoms with Crippen LogP contribution >= 0.6 is 0 Å². The van der Waals surface area contributed by atoms with Crippen LogP contribution in [-0.2, 0) is 14.2 Å². The van der Waals surface area contributed by atoms with Crippen LogP contribution in [0.5, 0.6) is 0 Å². The number of carbonyl (C=O) groups is 1. The molecule has 2 N–H and O–H groups in total. The van der Waals surface area contributed by atoms with Gasteiger partial charge in [0.1, 0.15) is 12.2 Å². The fourth-order valence-corrected chi connectivity index (χ4v) is 2.35. The van der Waals surface area contributed by atoms with Crippen molar-refractivity contribution >= 4 is 5.97 Å². The number of hydrogen-bond acceptors (Lipinski definition) is 6. The van der Waals surface area contributed by atoms with E-state index in [9.17, 15) is 15.0 Å². The first-order valence-corrected chi connectivity index (χ1v) is 7.64. The Labute approximate surface area is 136 Å². The van der Waals surface area contributed by atoms with Crippen molar-refractivity contribution in [1.29, 1.82) is 0 Å². The highest BCUT2D eigenvalue weighted by Gasteiger charge is 2.39. The number of esters is 1. The number of hydrogen-bond donors (Lipinski definition) is 2. The maximum absolute atomic E-state index is 11.9. The van der Waals surface area contributed by atoms with Crippen LogP contribution < -0.4 is 0 Å². The minimum atomic E-state index is -1.57. The normalized spacial score (nSPS) is 24.0. The second kappa shape index (κ2) is 6.97. The average Bonchev–Trinajstić information content (AvgIpc) is 2.84. The van der Waals surface area contributed by atoms with E-state index >= 15 is 0 Å². The van der Waals surface area contributed by atoms with Gasteiger partial charge in [-0.1, -0.05) is 18.2 Å². The molecular weight excluding hydrogens is 300 g/mol. The molecule has 1 saturated heterocycles. The number of rotatable bonds is 6. The molecule has 0 saturated carbocycles. The molecule has 1 aromatic carbocycles. The Hall–Kier alpha value is -1.47. The first kappa shape index (κ1) is 17.9. The zero-order chi connectivity index (χ0) is 17.1. The van der Waals surface area contributed by atoms with Crippen molar-refractivity contribution in [3.05, 3.63) is 35.9 Å². The fraction of sp³-hybridized carbons (Fsp3) is 0.588. The smallest absolute Gasteiger partial charge is 0.338 e. The number of benzene rings is 1. The van der Waals surface area contributed by atoms with Crippen molar-refractivity contribution in [1.82, 2.24) is 0 Å². The Morgan fingerprint density at radius 2 is 2.09 bits per heavy atom. The van der Waals surface area contributed by atoms with Gasteiger partial charge in [-0.05, 0) is 32.9 Å². The summed E-state index contributed by atoms with van der Waals surface area (Å²) in [5, 5.41) is 20.6. The van der Waals surface area contributed by atoms with E-state index < -0.39 is 23.5 Å². The Morgan fingerprint density at radius 1 is 1.43 bits per heavy atom. The predicted octanol–water partition coefficient (Wildman–Crippen LogP) is 1.50. The minimum Gasteiger partial charge on any atom is -0.459 e. The molecule has 1 aliphatic heterocycles. The lowest BCUT2D eigenvalue weighted by atomic mass is 9.95. The number of ether oxygens (including phenoxy) is 3. The predicted molar refractivity (Wildman–Crippen MR) is 82.9 cm³/mol. The summed E-state index contributed by atoms with van der Waals surface area (Å²) in [6, 6.07) is 8.49. The zero-order valence-corrected chi connectivity index (χ0v) is 13.7. The van der Waals surface area contributed by atoms with Gasteiger partial charge < -0.3 is 24.4 Å². The highest BCUT2D eigenvalue weighted by atomic mass is 16.7. The van der Waals surface area contributed by atoms with Gasteiger partial charge in [0.2, 0.25) is 0 Å². The van der Waals surface area contributed by atoms with Crippen molar-refractivity contribution in [3.8, 4) is 0 Å². The lowest BCUT2D eigenvalue weighted by Gasteiger charge is -2.30. The molecule has 3 atom stereocenters. The molecular formula is C17H24O6. The van der Waals surface area contributed by atoms with Crippen LogP contribution in [0, 0.1) is 0 Å². The van der Waals surface area contributed by atoms with E-state index in [1.807, 2.05) is 0 Å². The third kappa shape index (κ3) is 5.00. The molecule has 6 heteroatoms.